The highest BCUT2D eigenvalue weighted by Crippen LogP contribution is 2.28. The van der Waals surface area contributed by atoms with E-state index in [2.05, 4.69) is 4.72 Å². The second-order valence-electron chi connectivity index (χ2n) is 4.72. The second-order valence-corrected chi connectivity index (χ2v) is 6.46. The van der Waals surface area contributed by atoms with Crippen LogP contribution in [0.4, 0.5) is 5.69 Å². The maximum Gasteiger partial charge on any atom is 0.244 e. The molecule has 6 nitrogen and oxygen atoms in total. The molecule has 0 aliphatic rings. The van der Waals surface area contributed by atoms with Crippen LogP contribution in [0.3, 0.4) is 0 Å². The van der Waals surface area contributed by atoms with Crippen molar-refractivity contribution in [3.05, 3.63) is 17.7 Å². The fourth-order valence-electron chi connectivity index (χ4n) is 1.75. The Labute approximate surface area is 126 Å². The molecule has 21 heavy (non-hydrogen) atoms. The number of nitrogens with two attached hydrogens (primary N) is 1. The first-order valence-corrected chi connectivity index (χ1v) is 8.42. The number of nitrogens with one attached hydrogen (secondary N) is 1. The van der Waals surface area contributed by atoms with Crippen LogP contribution >= 0.6 is 0 Å². The third-order valence-corrected chi connectivity index (χ3v) is 4.43. The molecule has 7 heteroatoms. The van der Waals surface area contributed by atoms with E-state index in [0.717, 1.165) is 12.0 Å². The third kappa shape index (κ3) is 5.18. The highest BCUT2D eigenvalue weighted by molar-refractivity contribution is 7.89. The van der Waals surface area contributed by atoms with Crippen LogP contribution < -0.4 is 15.2 Å². The van der Waals surface area contributed by atoms with E-state index in [4.69, 9.17) is 15.2 Å². The maximum absolute atomic E-state index is 12.3. The number of hydrogen-bond acceptors (Lipinski definition) is 5. The summed E-state index contributed by atoms with van der Waals surface area (Å²) in [5.41, 5.74) is 6.98. The highest BCUT2D eigenvalue weighted by atomic mass is 32.2. The molecule has 1 rings (SSSR count). The van der Waals surface area contributed by atoms with Crippen LogP contribution in [0.1, 0.15) is 25.3 Å². The normalized spacial score (nSPS) is 11.6. The van der Waals surface area contributed by atoms with E-state index in [0.29, 0.717) is 31.9 Å². The van der Waals surface area contributed by atoms with Crippen LogP contribution in [0.25, 0.3) is 0 Å². The van der Waals surface area contributed by atoms with Crippen LogP contribution in [0.5, 0.6) is 5.75 Å². The van der Waals surface area contributed by atoms with E-state index in [-0.39, 0.29) is 10.6 Å². The SMILES string of the molecule is CCCOCCCNS(=O)(=O)c1cc(N)c(C)cc1OC. The van der Waals surface area contributed by atoms with Gasteiger partial charge in [0.05, 0.1) is 7.11 Å². The molecule has 0 saturated carbocycles. The number of methoxy groups -OCH3 is 1. The maximum atomic E-state index is 12.3. The van der Waals surface area contributed by atoms with Crippen LogP contribution in [-0.4, -0.2) is 35.3 Å². The van der Waals surface area contributed by atoms with Crippen molar-refractivity contribution >= 4 is 15.7 Å². The van der Waals surface area contributed by atoms with Crippen LogP contribution in [0.15, 0.2) is 17.0 Å². The van der Waals surface area contributed by atoms with E-state index in [9.17, 15) is 8.42 Å². The molecule has 0 bridgehead atoms. The van der Waals surface area contributed by atoms with Gasteiger partial charge in [-0.25, -0.2) is 13.1 Å². The number of nitrogen functional groups attached to an aromatic ring is 1. The Morgan fingerprint density at radius 2 is 2.00 bits per heavy atom. The zero-order valence-corrected chi connectivity index (χ0v) is 13.6. The topological polar surface area (TPSA) is 90.7 Å². The quantitative estimate of drug-likeness (QED) is 0.534. The summed E-state index contributed by atoms with van der Waals surface area (Å²) in [6.07, 6.45) is 1.56. The summed E-state index contributed by atoms with van der Waals surface area (Å²) in [7, 11) is -2.21. The van der Waals surface area contributed by atoms with Crippen molar-refractivity contribution in [2.75, 3.05) is 32.6 Å². The first-order chi connectivity index (χ1) is 9.92. The lowest BCUT2D eigenvalue weighted by atomic mass is 10.2. The summed E-state index contributed by atoms with van der Waals surface area (Å²) in [4.78, 5) is 0.0579. The summed E-state index contributed by atoms with van der Waals surface area (Å²) in [5.74, 6) is 0.288. The van der Waals surface area contributed by atoms with Gasteiger partial charge in [-0.1, -0.05) is 6.92 Å². The van der Waals surface area contributed by atoms with Gasteiger partial charge in [0, 0.05) is 25.4 Å². The van der Waals surface area contributed by atoms with Crippen molar-refractivity contribution in [1.82, 2.24) is 4.72 Å². The van der Waals surface area contributed by atoms with Gasteiger partial charge < -0.3 is 15.2 Å². The predicted octanol–water partition coefficient (Wildman–Crippen LogP) is 1.68. The lowest BCUT2D eigenvalue weighted by molar-refractivity contribution is 0.133. The largest absolute Gasteiger partial charge is 0.495 e. The van der Waals surface area contributed by atoms with E-state index >= 15 is 0 Å². The number of benzene rings is 1. The molecule has 0 amide bonds. The van der Waals surface area contributed by atoms with Crippen molar-refractivity contribution < 1.29 is 17.9 Å². The van der Waals surface area contributed by atoms with Gasteiger partial charge in [0.1, 0.15) is 10.6 Å². The number of hydrogen-bond donors (Lipinski definition) is 2. The molecule has 0 fully saturated rings. The first-order valence-electron chi connectivity index (χ1n) is 6.94. The van der Waals surface area contributed by atoms with Gasteiger partial charge in [-0.15, -0.1) is 0 Å². The molecule has 0 atom stereocenters. The summed E-state index contributed by atoms with van der Waals surface area (Å²) in [6.45, 7) is 5.35. The zero-order chi connectivity index (χ0) is 15.9. The molecule has 120 valence electrons. The Kier molecular flexibility index (Phi) is 6.94. The minimum Gasteiger partial charge on any atom is -0.495 e. The molecule has 0 aliphatic heterocycles. The molecule has 1 aromatic rings. The minimum absolute atomic E-state index is 0.0579. The molecular formula is C14H24N2O4S. The number of aryl methyl sites for hydroxylation is 1. The number of rotatable bonds is 9. The van der Waals surface area contributed by atoms with Gasteiger partial charge in [-0.05, 0) is 37.5 Å². The van der Waals surface area contributed by atoms with Crippen molar-refractivity contribution in [1.29, 1.82) is 0 Å². The molecule has 0 unspecified atom stereocenters. The Balaban J connectivity index is 2.72. The Morgan fingerprint density at radius 1 is 1.29 bits per heavy atom. The fourth-order valence-corrected chi connectivity index (χ4v) is 3.01. The molecule has 0 saturated heterocycles. The van der Waals surface area contributed by atoms with Gasteiger partial charge in [0.25, 0.3) is 0 Å². The first kappa shape index (κ1) is 17.7. The molecule has 0 aliphatic carbocycles. The van der Waals surface area contributed by atoms with E-state index < -0.39 is 10.0 Å². The molecule has 0 aromatic heterocycles. The van der Waals surface area contributed by atoms with Crippen molar-refractivity contribution in [3.8, 4) is 5.75 Å². The van der Waals surface area contributed by atoms with Crippen molar-refractivity contribution in [2.24, 2.45) is 0 Å². The predicted molar refractivity (Wildman–Crippen MR) is 83.1 cm³/mol. The Bertz CT molecular complexity index is 558. The van der Waals surface area contributed by atoms with Gasteiger partial charge in [-0.2, -0.15) is 0 Å². The van der Waals surface area contributed by atoms with Gasteiger partial charge in [-0.3, -0.25) is 0 Å². The smallest absolute Gasteiger partial charge is 0.244 e. The van der Waals surface area contributed by atoms with Crippen LogP contribution in [0, 0.1) is 6.92 Å². The molecule has 0 radical (unpaired) electrons. The average molecular weight is 316 g/mol. The summed E-state index contributed by atoms with van der Waals surface area (Å²) < 4.78 is 37.5. The van der Waals surface area contributed by atoms with Crippen molar-refractivity contribution in [3.63, 3.8) is 0 Å². The van der Waals surface area contributed by atoms with Gasteiger partial charge in [0.2, 0.25) is 10.0 Å². The number of sulfonamides is 1. The van der Waals surface area contributed by atoms with Gasteiger partial charge >= 0.3 is 0 Å². The summed E-state index contributed by atoms with van der Waals surface area (Å²) in [6, 6.07) is 3.04. The summed E-state index contributed by atoms with van der Waals surface area (Å²) in [5, 5.41) is 0. The van der Waals surface area contributed by atoms with E-state index in [1.165, 1.54) is 13.2 Å². The minimum atomic E-state index is -3.65. The number of ether oxygens (including phenoxy) is 2. The molecule has 0 heterocycles. The lowest BCUT2D eigenvalue weighted by Crippen LogP contribution is -2.26. The lowest BCUT2D eigenvalue weighted by Gasteiger charge is -2.13. The second kappa shape index (κ2) is 8.21. The fraction of sp³-hybridized carbons (Fsp3) is 0.571. The van der Waals surface area contributed by atoms with Crippen LogP contribution in [-0.2, 0) is 14.8 Å². The highest BCUT2D eigenvalue weighted by Gasteiger charge is 2.20. The Hall–Kier alpha value is -1.31. The van der Waals surface area contributed by atoms with Crippen molar-refractivity contribution in [2.45, 2.75) is 31.6 Å². The van der Waals surface area contributed by atoms with Gasteiger partial charge in [0.15, 0.2) is 0 Å². The monoisotopic (exact) mass is 316 g/mol. The average Bonchev–Trinajstić information content (AvgIpc) is 2.45. The molecule has 0 spiro atoms. The molecule has 1 aromatic carbocycles. The summed E-state index contributed by atoms with van der Waals surface area (Å²) >= 11 is 0. The molecular weight excluding hydrogens is 292 g/mol. The third-order valence-electron chi connectivity index (χ3n) is 2.95. The zero-order valence-electron chi connectivity index (χ0n) is 12.8. The number of anilines is 1. The Morgan fingerprint density at radius 3 is 2.62 bits per heavy atom. The van der Waals surface area contributed by atoms with Crippen LogP contribution in [0.2, 0.25) is 0 Å². The van der Waals surface area contributed by atoms with E-state index in [1.807, 2.05) is 6.92 Å². The standard InChI is InChI=1S/C14H24N2O4S/c1-4-7-20-8-5-6-16-21(17,18)14-10-12(15)11(2)9-13(14)19-3/h9-10,16H,4-8,15H2,1-3H3. The molecule has 3 N–H and O–H groups in total. The van der Waals surface area contributed by atoms with E-state index in [1.54, 1.807) is 13.0 Å².